The molecule has 2 N–H and O–H groups in total. The highest BCUT2D eigenvalue weighted by Gasteiger charge is 2.29. The Balaban J connectivity index is 1.96. The Morgan fingerprint density at radius 3 is 3.00 bits per heavy atom. The maximum absolute atomic E-state index is 11.8. The van der Waals surface area contributed by atoms with Gasteiger partial charge >= 0.3 is 0 Å². The third kappa shape index (κ3) is 1.38. The molecule has 0 radical (unpaired) electrons. The lowest BCUT2D eigenvalue weighted by Gasteiger charge is -2.22. The molecule has 3 rings (SSSR count). The molecule has 0 saturated carbocycles. The Morgan fingerprint density at radius 1 is 1.44 bits per heavy atom. The lowest BCUT2D eigenvalue weighted by molar-refractivity contribution is -0.117. The summed E-state index contributed by atoms with van der Waals surface area (Å²) in [6.07, 6.45) is 3.07. The van der Waals surface area contributed by atoms with Gasteiger partial charge in [-0.3, -0.25) is 4.79 Å². The molecule has 2 aromatic heterocycles. The fraction of sp³-hybridized carbons (Fsp3) is 0.200. The van der Waals surface area contributed by atoms with Crippen molar-refractivity contribution in [2.24, 2.45) is 0 Å². The molecule has 1 amide bonds. The van der Waals surface area contributed by atoms with Crippen LogP contribution in [0, 0.1) is 6.92 Å². The van der Waals surface area contributed by atoms with Gasteiger partial charge in [-0.05, 0) is 6.92 Å². The van der Waals surface area contributed by atoms with Crippen molar-refractivity contribution in [3.8, 4) is 0 Å². The Hall–Kier alpha value is -1.82. The molecule has 0 fully saturated rings. The number of amides is 1. The van der Waals surface area contributed by atoms with Gasteiger partial charge in [0.1, 0.15) is 24.3 Å². The van der Waals surface area contributed by atoms with Crippen LogP contribution in [0.4, 0.5) is 11.4 Å². The monoisotopic (exact) mass is 235 g/mol. The number of anilines is 2. The van der Waals surface area contributed by atoms with Gasteiger partial charge in [0.2, 0.25) is 0 Å². The fourth-order valence-corrected chi connectivity index (χ4v) is 2.29. The number of nitrogens with one attached hydrogen (secondary N) is 2. The zero-order chi connectivity index (χ0) is 11.1. The van der Waals surface area contributed by atoms with Crippen LogP contribution in [-0.4, -0.2) is 10.9 Å². The number of hydrogen-bond donors (Lipinski definition) is 2. The normalized spacial score (nSPS) is 18.8. The molecule has 1 atom stereocenters. The minimum Gasteiger partial charge on any atom is -0.468 e. The average Bonchev–Trinajstić information content (AvgIpc) is 2.84. The van der Waals surface area contributed by atoms with E-state index in [1.807, 2.05) is 12.3 Å². The van der Waals surface area contributed by atoms with Crippen LogP contribution >= 0.6 is 11.3 Å². The molecule has 1 unspecified atom stereocenters. The van der Waals surface area contributed by atoms with Gasteiger partial charge in [-0.1, -0.05) is 0 Å². The summed E-state index contributed by atoms with van der Waals surface area (Å²) in [4.78, 5) is 16.1. The minimum absolute atomic E-state index is 0.112. The summed E-state index contributed by atoms with van der Waals surface area (Å²) in [6.45, 7) is 1.91. The summed E-state index contributed by atoms with van der Waals surface area (Å²) in [6, 6.07) is -0.435. The topological polar surface area (TPSA) is 67.2 Å². The summed E-state index contributed by atoms with van der Waals surface area (Å²) in [7, 11) is 0. The van der Waals surface area contributed by atoms with Crippen molar-refractivity contribution >= 4 is 28.6 Å². The molecule has 0 bridgehead atoms. The van der Waals surface area contributed by atoms with Crippen molar-refractivity contribution < 1.29 is 9.21 Å². The smallest absolute Gasteiger partial charge is 0.253 e. The maximum Gasteiger partial charge on any atom is 0.253 e. The molecule has 5 nitrogen and oxygen atoms in total. The van der Waals surface area contributed by atoms with E-state index in [-0.39, 0.29) is 5.91 Å². The number of aryl methyl sites for hydroxylation is 1. The highest BCUT2D eigenvalue weighted by molar-refractivity contribution is 7.09. The molecule has 1 aliphatic rings. The van der Waals surface area contributed by atoms with Gasteiger partial charge in [0.25, 0.3) is 5.91 Å². The first-order valence-electron chi connectivity index (χ1n) is 4.79. The number of aromatic nitrogens is 1. The first-order chi connectivity index (χ1) is 7.74. The standard InChI is InChI=1S/C10H9N3O2S/c1-5-11-8(4-16-5)9-10(14)13-7-3-15-2-6(7)12-9/h2-4,9,12H,1H3,(H,13,14). The van der Waals surface area contributed by atoms with Crippen molar-refractivity contribution in [1.82, 2.24) is 4.98 Å². The molecule has 0 spiro atoms. The maximum atomic E-state index is 11.8. The molecule has 2 aromatic rings. The van der Waals surface area contributed by atoms with Crippen molar-refractivity contribution in [3.05, 3.63) is 28.6 Å². The second kappa shape index (κ2) is 3.34. The second-order valence-electron chi connectivity index (χ2n) is 3.56. The van der Waals surface area contributed by atoms with Crippen LogP contribution in [0.1, 0.15) is 16.7 Å². The Kier molecular flexibility index (Phi) is 1.97. The molecule has 16 heavy (non-hydrogen) atoms. The van der Waals surface area contributed by atoms with Crippen LogP contribution in [-0.2, 0) is 4.79 Å². The van der Waals surface area contributed by atoms with E-state index in [0.717, 1.165) is 16.4 Å². The van der Waals surface area contributed by atoms with E-state index in [4.69, 9.17) is 4.42 Å². The molecule has 0 saturated heterocycles. The van der Waals surface area contributed by atoms with Gasteiger partial charge in [0, 0.05) is 5.38 Å². The van der Waals surface area contributed by atoms with Crippen LogP contribution in [0.15, 0.2) is 22.3 Å². The van der Waals surface area contributed by atoms with E-state index < -0.39 is 6.04 Å². The van der Waals surface area contributed by atoms with E-state index in [1.54, 1.807) is 6.26 Å². The first-order valence-corrected chi connectivity index (χ1v) is 5.67. The van der Waals surface area contributed by atoms with E-state index in [2.05, 4.69) is 15.6 Å². The van der Waals surface area contributed by atoms with E-state index in [0.29, 0.717) is 5.69 Å². The van der Waals surface area contributed by atoms with Gasteiger partial charge in [0.05, 0.1) is 16.4 Å². The van der Waals surface area contributed by atoms with E-state index in [1.165, 1.54) is 17.6 Å². The lowest BCUT2D eigenvalue weighted by Crippen LogP contribution is -2.31. The number of fused-ring (bicyclic) bond motifs is 1. The molecule has 3 heterocycles. The number of nitrogens with zero attached hydrogens (tertiary/aromatic N) is 1. The van der Waals surface area contributed by atoms with Gasteiger partial charge in [-0.15, -0.1) is 11.3 Å². The average molecular weight is 235 g/mol. The minimum atomic E-state index is -0.435. The number of rotatable bonds is 1. The Morgan fingerprint density at radius 2 is 2.25 bits per heavy atom. The predicted octanol–water partition coefficient (Wildman–Crippen LogP) is 2.15. The third-order valence-electron chi connectivity index (χ3n) is 2.41. The highest BCUT2D eigenvalue weighted by Crippen LogP contribution is 2.33. The molecular weight excluding hydrogens is 226 g/mol. The second-order valence-corrected chi connectivity index (χ2v) is 4.62. The molecule has 1 aliphatic heterocycles. The van der Waals surface area contributed by atoms with Crippen molar-refractivity contribution in [3.63, 3.8) is 0 Å². The Labute approximate surface area is 95.5 Å². The summed E-state index contributed by atoms with van der Waals surface area (Å²) >= 11 is 1.53. The van der Waals surface area contributed by atoms with E-state index >= 15 is 0 Å². The van der Waals surface area contributed by atoms with Crippen LogP contribution in [0.25, 0.3) is 0 Å². The van der Waals surface area contributed by atoms with Crippen molar-refractivity contribution in [1.29, 1.82) is 0 Å². The number of furan rings is 1. The highest BCUT2D eigenvalue weighted by atomic mass is 32.1. The summed E-state index contributed by atoms with van der Waals surface area (Å²) < 4.78 is 5.01. The van der Waals surface area contributed by atoms with Gasteiger partial charge in [-0.2, -0.15) is 0 Å². The number of thiazole rings is 1. The zero-order valence-corrected chi connectivity index (χ0v) is 9.30. The Bertz CT molecular complexity index is 546. The summed E-state index contributed by atoms with van der Waals surface area (Å²) in [5.74, 6) is -0.112. The SMILES string of the molecule is Cc1nc(C2Nc3cocc3NC2=O)cs1. The lowest BCUT2D eigenvalue weighted by atomic mass is 10.1. The largest absolute Gasteiger partial charge is 0.468 e. The van der Waals surface area contributed by atoms with Crippen LogP contribution in [0.5, 0.6) is 0 Å². The molecular formula is C10H9N3O2S. The number of carbonyl (C=O) groups is 1. The van der Waals surface area contributed by atoms with Gasteiger partial charge < -0.3 is 15.1 Å². The number of carbonyl (C=O) groups excluding carboxylic acids is 1. The predicted molar refractivity (Wildman–Crippen MR) is 60.6 cm³/mol. The summed E-state index contributed by atoms with van der Waals surface area (Å²) in [5, 5.41) is 8.70. The van der Waals surface area contributed by atoms with Crippen LogP contribution < -0.4 is 10.6 Å². The fourth-order valence-electron chi connectivity index (χ4n) is 1.65. The van der Waals surface area contributed by atoms with Crippen LogP contribution in [0.2, 0.25) is 0 Å². The third-order valence-corrected chi connectivity index (χ3v) is 3.21. The summed E-state index contributed by atoms with van der Waals surface area (Å²) in [5.41, 5.74) is 2.20. The zero-order valence-electron chi connectivity index (χ0n) is 8.48. The van der Waals surface area contributed by atoms with E-state index in [9.17, 15) is 4.79 Å². The van der Waals surface area contributed by atoms with Crippen molar-refractivity contribution in [2.45, 2.75) is 13.0 Å². The molecule has 82 valence electrons. The quantitative estimate of drug-likeness (QED) is 0.794. The van der Waals surface area contributed by atoms with Crippen molar-refractivity contribution in [2.75, 3.05) is 10.6 Å². The van der Waals surface area contributed by atoms with Gasteiger partial charge in [0.15, 0.2) is 0 Å². The van der Waals surface area contributed by atoms with Gasteiger partial charge in [-0.25, -0.2) is 4.98 Å². The number of hydrogen-bond acceptors (Lipinski definition) is 5. The molecule has 0 aliphatic carbocycles. The van der Waals surface area contributed by atoms with Crippen LogP contribution in [0.3, 0.4) is 0 Å². The first kappa shape index (κ1) is 9.41. The molecule has 6 heteroatoms. The molecule has 0 aromatic carbocycles.